The van der Waals surface area contributed by atoms with Gasteiger partial charge in [-0.2, -0.15) is 0 Å². The molecule has 2 rings (SSSR count). The maximum atomic E-state index is 9.79. The Hall–Kier alpha value is -0.0161. The van der Waals surface area contributed by atoms with E-state index in [0.717, 1.165) is 17.1 Å². The van der Waals surface area contributed by atoms with Crippen LogP contribution in [0.3, 0.4) is 0 Å². The molecule has 0 bridgehead atoms. The number of benzene rings is 1. The van der Waals surface area contributed by atoms with E-state index in [1.807, 2.05) is 25.1 Å². The molecule has 6 heteroatoms. The van der Waals surface area contributed by atoms with Crippen molar-refractivity contribution >= 4 is 9.03 Å². The first-order valence-corrected chi connectivity index (χ1v) is 6.12. The van der Waals surface area contributed by atoms with Crippen molar-refractivity contribution in [2.45, 2.75) is 31.9 Å². The molecule has 0 aromatic heterocycles. The number of aliphatic hydroxyl groups excluding tert-OH is 1. The van der Waals surface area contributed by atoms with E-state index in [1.165, 1.54) is 0 Å². The maximum Gasteiger partial charge on any atom is 0.231 e. The van der Waals surface area contributed by atoms with Crippen molar-refractivity contribution in [1.29, 1.82) is 0 Å². The molecular weight excluding hydrogens is 338 g/mol. The summed E-state index contributed by atoms with van der Waals surface area (Å²) in [4.78, 5) is 0. The molecule has 0 fully saturated rings. The first-order chi connectivity index (χ1) is 8.24. The third-order valence-corrected chi connectivity index (χ3v) is 3.24. The van der Waals surface area contributed by atoms with Gasteiger partial charge in [-0.3, -0.25) is 4.74 Å². The number of rotatable bonds is 5. The van der Waals surface area contributed by atoms with Gasteiger partial charge in [0.1, 0.15) is 0 Å². The van der Waals surface area contributed by atoms with Crippen LogP contribution in [-0.4, -0.2) is 24.0 Å². The molecule has 0 spiro atoms. The monoisotopic (exact) mass is 357 g/mol. The summed E-state index contributed by atoms with van der Waals surface area (Å²) >= 11 is 0. The van der Waals surface area contributed by atoms with Crippen molar-refractivity contribution in [2.24, 2.45) is 4.74 Å². The van der Waals surface area contributed by atoms with Crippen molar-refractivity contribution in [1.82, 2.24) is 0 Å². The average Bonchev–Trinajstić information content (AvgIpc) is 2.82. The van der Waals surface area contributed by atoms with Crippen LogP contribution in [0.2, 0.25) is 0 Å². The summed E-state index contributed by atoms with van der Waals surface area (Å²) in [6.45, 7) is 2.22. The van der Waals surface area contributed by atoms with Gasteiger partial charge in [-0.15, -0.1) is 0 Å². The van der Waals surface area contributed by atoms with Gasteiger partial charge in [0.05, 0.1) is 12.1 Å². The zero-order valence-corrected chi connectivity index (χ0v) is 15.1. The van der Waals surface area contributed by atoms with Gasteiger partial charge in [0.25, 0.3) is 0 Å². The molecule has 1 N–H and O–H groups in total. The summed E-state index contributed by atoms with van der Waals surface area (Å²) in [5.41, 5.74) is 1.08. The minimum absolute atomic E-state index is 0. The molecule has 2 atom stereocenters. The Bertz CT molecular complexity index is 417. The molecule has 1 aliphatic heterocycles. The smallest absolute Gasteiger partial charge is 0.231 e. The van der Waals surface area contributed by atoms with Gasteiger partial charge in [0, 0.05) is 32.7 Å². The van der Waals surface area contributed by atoms with Crippen LogP contribution in [0.25, 0.3) is 0 Å². The number of ether oxygens (including phenoxy) is 2. The zero-order chi connectivity index (χ0) is 12.3. The van der Waals surface area contributed by atoms with Gasteiger partial charge in [-0.1, -0.05) is 13.0 Å². The largest absolute Gasteiger partial charge is 0.454 e. The Morgan fingerprint density at radius 1 is 1.37 bits per heavy atom. The number of aliphatic hydroxyl groups is 1. The van der Waals surface area contributed by atoms with Crippen LogP contribution in [0.15, 0.2) is 22.9 Å². The van der Waals surface area contributed by atoms with Crippen molar-refractivity contribution in [3.05, 3.63) is 31.2 Å². The number of hydrogen-bond acceptors (Lipinski definition) is 4. The molecule has 1 radical (unpaired) electrons. The molecule has 19 heavy (non-hydrogen) atoms. The molecule has 0 saturated carbocycles. The molecule has 103 valence electrons. The number of nitrogens with zero attached hydrogens (tertiary/aromatic N) is 1. The van der Waals surface area contributed by atoms with Crippen LogP contribution in [0.4, 0.5) is 0 Å². The average molecular weight is 357 g/mol. The Balaban J connectivity index is 0.00000162. The molecule has 0 aliphatic carbocycles. The summed E-state index contributed by atoms with van der Waals surface area (Å²) < 4.78 is 14.6. The van der Waals surface area contributed by atoms with E-state index >= 15 is 0 Å². The van der Waals surface area contributed by atoms with Gasteiger partial charge in [-0.25, -0.2) is 0 Å². The predicted molar refractivity (Wildman–Crippen MR) is 73.5 cm³/mol. The van der Waals surface area contributed by atoms with Crippen molar-refractivity contribution in [3.63, 3.8) is 0 Å². The van der Waals surface area contributed by atoms with Crippen LogP contribution in [0, 0.1) is 7.43 Å². The minimum atomic E-state index is -0.432. The van der Waals surface area contributed by atoms with Gasteiger partial charge in [0.2, 0.25) is 6.79 Å². The fourth-order valence-corrected chi connectivity index (χ4v) is 2.11. The summed E-state index contributed by atoms with van der Waals surface area (Å²) in [6.07, 6.45) is 0.927. The minimum Gasteiger partial charge on any atom is -0.454 e. The first kappa shape index (κ1) is 19.0. The molecule has 4 nitrogen and oxygen atoms in total. The van der Waals surface area contributed by atoms with E-state index in [4.69, 9.17) is 9.47 Å². The topological polar surface area (TPSA) is 51.0 Å². The third-order valence-electron chi connectivity index (χ3n) is 2.91. The summed E-state index contributed by atoms with van der Waals surface area (Å²) in [7, 11) is 3.14. The summed E-state index contributed by atoms with van der Waals surface area (Å²) in [6, 6.07) is 5.66. The van der Waals surface area contributed by atoms with E-state index < -0.39 is 6.10 Å². The van der Waals surface area contributed by atoms with E-state index in [2.05, 4.69) is 13.8 Å². The van der Waals surface area contributed by atoms with Gasteiger partial charge >= 0.3 is 0 Å². The first-order valence-electron chi connectivity index (χ1n) is 5.67. The second kappa shape index (κ2) is 9.02. The van der Waals surface area contributed by atoms with Gasteiger partial charge < -0.3 is 22.0 Å². The van der Waals surface area contributed by atoms with Crippen LogP contribution in [0.1, 0.15) is 18.9 Å². The quantitative estimate of drug-likeness (QED) is 0.651. The fourth-order valence-electron chi connectivity index (χ4n) is 1.85. The second-order valence-corrected chi connectivity index (χ2v) is 4.32. The summed E-state index contributed by atoms with van der Waals surface area (Å²) in [5.74, 6) is 1.54. The SMILES string of the molecule is CCC(O)C(Cc1ccc2c(c1)OCO2)N=P.[CH3-].[Y]. The van der Waals surface area contributed by atoms with E-state index in [-0.39, 0.29) is 53.0 Å². The number of hydrogen-bond donors (Lipinski definition) is 1. The molecule has 0 saturated heterocycles. The molecule has 0 amide bonds. The Morgan fingerprint density at radius 3 is 2.68 bits per heavy atom. The summed E-state index contributed by atoms with van der Waals surface area (Å²) in [5, 5.41) is 9.79. The second-order valence-electron chi connectivity index (χ2n) is 4.06. The van der Waals surface area contributed by atoms with Crippen molar-refractivity contribution in [3.8, 4) is 11.5 Å². The van der Waals surface area contributed by atoms with Crippen molar-refractivity contribution < 1.29 is 47.3 Å². The van der Waals surface area contributed by atoms with Crippen LogP contribution >= 0.6 is 9.03 Å². The molecule has 1 aliphatic rings. The molecular formula is C13H19NO3PY-. The van der Waals surface area contributed by atoms with Crippen molar-refractivity contribution in [2.75, 3.05) is 6.79 Å². The molecule has 2 unspecified atom stereocenters. The van der Waals surface area contributed by atoms with Gasteiger partial charge in [0.15, 0.2) is 11.5 Å². The Kier molecular flexibility index (Phi) is 9.01. The van der Waals surface area contributed by atoms with E-state index in [9.17, 15) is 5.11 Å². The number of fused-ring (bicyclic) bond motifs is 1. The van der Waals surface area contributed by atoms with Crippen LogP contribution in [0.5, 0.6) is 11.5 Å². The predicted octanol–water partition coefficient (Wildman–Crippen LogP) is 2.87. The third kappa shape index (κ3) is 4.79. The Morgan fingerprint density at radius 2 is 2.05 bits per heavy atom. The maximum absolute atomic E-state index is 9.79. The normalized spacial score (nSPS) is 14.8. The van der Waals surface area contributed by atoms with Gasteiger partial charge in [-0.05, 0) is 39.6 Å². The Labute approximate surface area is 142 Å². The van der Waals surface area contributed by atoms with E-state index in [1.54, 1.807) is 0 Å². The van der Waals surface area contributed by atoms with E-state index in [0.29, 0.717) is 12.8 Å². The zero-order valence-electron chi connectivity index (χ0n) is 11.3. The standard InChI is InChI=1S/C12H16NO3P.CH3.Y/c1-2-10(14)9(13-17)5-8-3-4-11-12(6-8)16-7-15-11;;/h3-4,6,9-10,14,17H,2,5,7H2,1H3;1H3;/q;-1;. The van der Waals surface area contributed by atoms with Crippen LogP contribution < -0.4 is 9.47 Å². The molecule has 1 aromatic carbocycles. The fraction of sp³-hybridized carbons (Fsp3) is 0.462. The van der Waals surface area contributed by atoms with Crippen LogP contribution in [-0.2, 0) is 39.1 Å². The molecule has 1 heterocycles. The molecule has 1 aromatic rings.